The molecule has 0 spiro atoms. The molecule has 11 nitrogen and oxygen atoms in total. The smallest absolute Gasteiger partial charge is 0.329 e. The summed E-state index contributed by atoms with van der Waals surface area (Å²) in [5.74, 6) is -3.12. The molecule has 0 radical (unpaired) electrons. The number of amides is 1. The Labute approximate surface area is 318 Å². The van der Waals surface area contributed by atoms with Gasteiger partial charge in [0.1, 0.15) is 24.0 Å². The lowest BCUT2D eigenvalue weighted by molar-refractivity contribution is -0.164. The van der Waals surface area contributed by atoms with Crippen LogP contribution in [-0.2, 0) is 42.9 Å². The Kier molecular flexibility index (Phi) is 20.4. The highest BCUT2D eigenvalue weighted by Gasteiger charge is 2.40. The Balaban J connectivity index is 2.19. The lowest BCUT2D eigenvalue weighted by atomic mass is 9.84. The van der Waals surface area contributed by atoms with Crippen LogP contribution in [-0.4, -0.2) is 104 Å². The standard InChI is InChI=1S/C42H69NO10/c1-11-31(12-2)22-29(7)39(53-42(49)33-16-14-15-17-43(33)41(48)36(47)24-44)30(8)34(45)23-35(46)32(13-3)19-26(4)18-27(5)20-37(50-9)40-38(51-10)21-28(6)25-52-40/h19,22,24,27-28,30-34,37-40,45H,11-18,20-21,23,25H2,1-10H3/b26-19+,29-22+/t27-,28+,30+,32+,33-,34-,37-,38-,39+,40+/m0/s1. The van der Waals surface area contributed by atoms with E-state index in [4.69, 9.17) is 18.9 Å². The Morgan fingerprint density at radius 2 is 1.66 bits per heavy atom. The van der Waals surface area contributed by atoms with Gasteiger partial charge in [-0.2, -0.15) is 0 Å². The minimum atomic E-state index is -1.21. The maximum absolute atomic E-state index is 13.7. The number of nitrogens with zero attached hydrogens (tertiary/aromatic N) is 1. The van der Waals surface area contributed by atoms with Gasteiger partial charge in [-0.1, -0.05) is 59.3 Å². The highest BCUT2D eigenvalue weighted by molar-refractivity contribution is 6.57. The largest absolute Gasteiger partial charge is 0.456 e. The lowest BCUT2D eigenvalue weighted by Crippen LogP contribution is -2.52. The number of methoxy groups -OCH3 is 2. The number of esters is 1. The molecule has 2 fully saturated rings. The van der Waals surface area contributed by atoms with Gasteiger partial charge in [0.05, 0.1) is 18.3 Å². The number of carbonyl (C=O) groups excluding carboxylic acids is 5. The predicted octanol–water partition coefficient (Wildman–Crippen LogP) is 6.23. The van der Waals surface area contributed by atoms with Gasteiger partial charge >= 0.3 is 5.97 Å². The normalized spacial score (nSPS) is 24.9. The predicted molar refractivity (Wildman–Crippen MR) is 204 cm³/mol. The minimum absolute atomic E-state index is 0.0178. The molecular weight excluding hydrogens is 678 g/mol. The molecule has 11 heteroatoms. The molecule has 2 rings (SSSR count). The second-order valence-electron chi connectivity index (χ2n) is 15.7. The number of allylic oxidation sites excluding steroid dienone is 3. The zero-order valence-corrected chi connectivity index (χ0v) is 34.1. The fourth-order valence-electron chi connectivity index (χ4n) is 7.97. The van der Waals surface area contributed by atoms with Gasteiger partial charge in [0.15, 0.2) is 6.29 Å². The van der Waals surface area contributed by atoms with Gasteiger partial charge in [-0.25, -0.2) is 4.79 Å². The van der Waals surface area contributed by atoms with Crippen molar-refractivity contribution in [2.24, 2.45) is 29.6 Å². The monoisotopic (exact) mass is 747 g/mol. The number of aldehydes is 1. The van der Waals surface area contributed by atoms with Gasteiger partial charge in [-0.3, -0.25) is 19.2 Å². The van der Waals surface area contributed by atoms with E-state index in [-0.39, 0.29) is 61.1 Å². The molecule has 0 aromatic carbocycles. The van der Waals surface area contributed by atoms with Gasteiger partial charge in [0, 0.05) is 45.6 Å². The van der Waals surface area contributed by atoms with Crippen molar-refractivity contribution in [1.29, 1.82) is 0 Å². The number of ether oxygens (including phenoxy) is 4. The highest BCUT2D eigenvalue weighted by atomic mass is 16.6. The number of hydrogen-bond acceptors (Lipinski definition) is 10. The van der Waals surface area contributed by atoms with Crippen molar-refractivity contribution in [2.75, 3.05) is 27.4 Å². The van der Waals surface area contributed by atoms with Crippen LogP contribution in [0.15, 0.2) is 23.3 Å². The second-order valence-corrected chi connectivity index (χ2v) is 15.7. The first-order valence-electron chi connectivity index (χ1n) is 19.9. The molecule has 1 N–H and O–H groups in total. The van der Waals surface area contributed by atoms with Crippen molar-refractivity contribution in [3.05, 3.63) is 23.3 Å². The molecule has 2 aliphatic rings. The first-order valence-corrected chi connectivity index (χ1v) is 19.9. The summed E-state index contributed by atoms with van der Waals surface area (Å²) in [5, 5.41) is 11.5. The zero-order chi connectivity index (χ0) is 39.8. The fraction of sp³-hybridized carbons (Fsp3) is 0.786. The zero-order valence-electron chi connectivity index (χ0n) is 34.1. The van der Waals surface area contributed by atoms with E-state index in [1.54, 1.807) is 21.1 Å². The Morgan fingerprint density at radius 1 is 0.981 bits per heavy atom. The molecule has 1 amide bonds. The van der Waals surface area contributed by atoms with Crippen LogP contribution >= 0.6 is 0 Å². The van der Waals surface area contributed by atoms with E-state index < -0.39 is 41.8 Å². The van der Waals surface area contributed by atoms with Crippen molar-refractivity contribution in [3.8, 4) is 0 Å². The number of rotatable bonds is 22. The molecule has 2 saturated heterocycles. The van der Waals surface area contributed by atoms with Crippen molar-refractivity contribution < 1.29 is 48.0 Å². The van der Waals surface area contributed by atoms with Crippen molar-refractivity contribution in [1.82, 2.24) is 4.90 Å². The van der Waals surface area contributed by atoms with Gasteiger partial charge in [0.25, 0.3) is 11.7 Å². The summed E-state index contributed by atoms with van der Waals surface area (Å²) < 4.78 is 23.9. The van der Waals surface area contributed by atoms with Gasteiger partial charge in [-0.15, -0.1) is 0 Å². The molecule has 0 aromatic rings. The lowest BCUT2D eigenvalue weighted by Gasteiger charge is -2.38. The van der Waals surface area contributed by atoms with Crippen LogP contribution in [0.3, 0.4) is 0 Å². The summed E-state index contributed by atoms with van der Waals surface area (Å²) >= 11 is 0. The van der Waals surface area contributed by atoms with Gasteiger partial charge in [-0.05, 0) is 95.0 Å². The van der Waals surface area contributed by atoms with E-state index in [2.05, 4.69) is 33.8 Å². The molecule has 0 aromatic heterocycles. The number of piperidine rings is 1. The average Bonchev–Trinajstić information content (AvgIpc) is 3.15. The molecule has 0 bridgehead atoms. The van der Waals surface area contributed by atoms with E-state index in [0.717, 1.165) is 48.2 Å². The van der Waals surface area contributed by atoms with E-state index in [0.29, 0.717) is 38.2 Å². The molecule has 0 unspecified atom stereocenters. The summed E-state index contributed by atoms with van der Waals surface area (Å²) in [7, 11) is 3.43. The van der Waals surface area contributed by atoms with Crippen LogP contribution in [0.25, 0.3) is 0 Å². The van der Waals surface area contributed by atoms with Crippen LogP contribution in [0, 0.1) is 29.6 Å². The number of Topliss-reactive ketones (excluding diaryl/α,β-unsaturated/α-hetero) is 2. The SMILES string of the molecule is CCC(/C=C(\C)[C@@H](OC(=O)[C@@H]1CCCCN1C(=O)C(=O)C=O)[C@H](C)[C@@H](O)CC(=O)[C@@H](/C=C(\C)C[C@H](C)C[C@H](OC)[C@H]1OC[C@H](C)C[C@@H]1OC)CC)CC. The number of likely N-dealkylation sites (tertiary alicyclic amines) is 1. The molecule has 2 aliphatic heterocycles. The first kappa shape index (κ1) is 46.4. The molecule has 302 valence electrons. The summed E-state index contributed by atoms with van der Waals surface area (Å²) in [6.45, 7) is 16.9. The number of aliphatic hydroxyl groups is 1. The molecule has 10 atom stereocenters. The van der Waals surface area contributed by atoms with Crippen molar-refractivity contribution in [2.45, 2.75) is 156 Å². The molecule has 2 heterocycles. The van der Waals surface area contributed by atoms with E-state index in [9.17, 15) is 29.1 Å². The van der Waals surface area contributed by atoms with Crippen LogP contribution < -0.4 is 0 Å². The molecule has 0 saturated carbocycles. The second kappa shape index (κ2) is 23.2. The van der Waals surface area contributed by atoms with Crippen molar-refractivity contribution in [3.63, 3.8) is 0 Å². The van der Waals surface area contributed by atoms with Crippen LogP contribution in [0.5, 0.6) is 0 Å². The Hall–Kier alpha value is -2.73. The summed E-state index contributed by atoms with van der Waals surface area (Å²) in [5.41, 5.74) is 1.84. The third-order valence-electron chi connectivity index (χ3n) is 11.3. The highest BCUT2D eigenvalue weighted by Crippen LogP contribution is 2.31. The molecule has 0 aliphatic carbocycles. The maximum Gasteiger partial charge on any atom is 0.329 e. The molecular formula is C42H69NO10. The topological polar surface area (TPSA) is 146 Å². The third kappa shape index (κ3) is 13.8. The van der Waals surface area contributed by atoms with Crippen LogP contribution in [0.4, 0.5) is 0 Å². The average molecular weight is 748 g/mol. The van der Waals surface area contributed by atoms with E-state index >= 15 is 0 Å². The Bertz CT molecular complexity index is 1260. The van der Waals surface area contributed by atoms with Crippen LogP contribution in [0.2, 0.25) is 0 Å². The number of ketones is 2. The number of aliphatic hydroxyl groups excluding tert-OH is 1. The number of hydrogen-bond donors (Lipinski definition) is 1. The summed E-state index contributed by atoms with van der Waals surface area (Å²) in [6, 6.07) is -1.02. The maximum atomic E-state index is 13.7. The third-order valence-corrected chi connectivity index (χ3v) is 11.3. The minimum Gasteiger partial charge on any atom is -0.456 e. The molecule has 53 heavy (non-hydrogen) atoms. The first-order chi connectivity index (χ1) is 25.1. The van der Waals surface area contributed by atoms with E-state index in [1.807, 2.05) is 26.8 Å². The van der Waals surface area contributed by atoms with Crippen LogP contribution in [0.1, 0.15) is 120 Å². The summed E-state index contributed by atoms with van der Waals surface area (Å²) in [6.07, 6.45) is 8.03. The van der Waals surface area contributed by atoms with Gasteiger partial charge in [0.2, 0.25) is 0 Å². The number of carbonyl (C=O) groups is 5. The van der Waals surface area contributed by atoms with E-state index in [1.165, 1.54) is 0 Å². The fourth-order valence-corrected chi connectivity index (χ4v) is 7.97. The Morgan fingerprint density at radius 3 is 2.25 bits per heavy atom. The summed E-state index contributed by atoms with van der Waals surface area (Å²) in [4.78, 5) is 64.2. The quantitative estimate of drug-likeness (QED) is 0.0445. The van der Waals surface area contributed by atoms with Crippen molar-refractivity contribution >= 4 is 29.7 Å². The van der Waals surface area contributed by atoms with Gasteiger partial charge < -0.3 is 29.0 Å².